The van der Waals surface area contributed by atoms with Gasteiger partial charge in [-0.2, -0.15) is 5.26 Å². The van der Waals surface area contributed by atoms with Crippen LogP contribution in [0.15, 0.2) is 127 Å². The van der Waals surface area contributed by atoms with Crippen molar-refractivity contribution in [2.75, 3.05) is 50.1 Å². The summed E-state index contributed by atoms with van der Waals surface area (Å²) in [6.07, 6.45) is 6.02. The Labute approximate surface area is 729 Å². The number of nitriles is 1. The Morgan fingerprint density at radius 3 is 1.66 bits per heavy atom. The van der Waals surface area contributed by atoms with Crippen molar-refractivity contribution < 1.29 is 202 Å². The van der Waals surface area contributed by atoms with Gasteiger partial charge in [0.1, 0.15) is 64.6 Å². The molecule has 5 fully saturated rings. The van der Waals surface area contributed by atoms with Crippen molar-refractivity contribution in [2.24, 2.45) is 5.73 Å². The fourth-order valence-corrected chi connectivity index (χ4v) is 11.7. The molecule has 7 heterocycles. The second kappa shape index (κ2) is 51.6. The van der Waals surface area contributed by atoms with Crippen LogP contribution >= 0.6 is 23.2 Å². The van der Waals surface area contributed by atoms with Crippen molar-refractivity contribution >= 4 is 59.3 Å². The third-order valence-electron chi connectivity index (χ3n) is 16.5. The molecule has 2 amide bonds. The van der Waals surface area contributed by atoms with E-state index in [9.17, 15) is 45.5 Å². The number of aromatic amines is 1. The molecule has 8 N–H and O–H groups in total. The molecular formula is C73H95Cl3F6K2N12O12. The molecule has 0 unspecified atom stereocenters. The first-order valence-corrected chi connectivity index (χ1v) is 33.7. The quantitative estimate of drug-likeness (QED) is 0.0136. The number of carboxylic acid groups (broad SMARTS) is 1. The fraction of sp³-hybridized carbons (Fsp3) is 0.479. The smallest absolute Gasteiger partial charge is 1.00 e. The predicted molar refractivity (Wildman–Crippen MR) is 385 cm³/mol. The third kappa shape index (κ3) is 34.8. The molecular weight excluding hydrogens is 1540 g/mol. The summed E-state index contributed by atoms with van der Waals surface area (Å²) in [5.41, 5.74) is 6.52. The Balaban J connectivity index is 0. The number of H-pyrrole nitrogens is 1. The van der Waals surface area contributed by atoms with Gasteiger partial charge < -0.3 is 89.3 Å². The monoisotopic (exact) mass is 1630 g/mol. The first kappa shape index (κ1) is 102. The topological polar surface area (TPSA) is 331 Å². The maximum atomic E-state index is 13.5. The number of carboxylic acids is 1. The van der Waals surface area contributed by atoms with Gasteiger partial charge in [0.05, 0.1) is 41.2 Å². The number of pyridine rings is 4. The summed E-state index contributed by atoms with van der Waals surface area (Å²) < 4.78 is 92.1. The zero-order chi connectivity index (χ0) is 75.9. The minimum atomic E-state index is -2.54. The second-order valence-electron chi connectivity index (χ2n) is 25.6. The average molecular weight is 1630 g/mol. The van der Waals surface area contributed by atoms with Crippen LogP contribution in [0.2, 0.25) is 10.3 Å². The minimum Gasteiger partial charge on any atom is -1.00 e. The van der Waals surface area contributed by atoms with Crippen LogP contribution in [-0.2, 0) is 25.4 Å². The van der Waals surface area contributed by atoms with Gasteiger partial charge in [0.15, 0.2) is 5.43 Å². The molecule has 3 saturated heterocycles. The molecule has 0 spiro atoms. The van der Waals surface area contributed by atoms with E-state index in [2.05, 4.69) is 63.3 Å². The zero-order valence-electron chi connectivity index (χ0n) is 61.1. The number of nitrogens with zero attached hydrogens (tertiary/aromatic N) is 7. The normalized spacial score (nSPS) is 18.4. The summed E-state index contributed by atoms with van der Waals surface area (Å²) in [6.45, 7) is 19.5. The number of ether oxygens (including phenoxy) is 4. The van der Waals surface area contributed by atoms with Gasteiger partial charge in [0, 0.05) is 117 Å². The molecule has 3 aliphatic heterocycles. The molecule has 2 aliphatic carbocycles. The summed E-state index contributed by atoms with van der Waals surface area (Å²) in [6, 6.07) is 29.7. The van der Waals surface area contributed by atoms with Gasteiger partial charge >= 0.3 is 115 Å². The average Bonchev–Trinajstić information content (AvgIpc) is 1.66. The Morgan fingerprint density at radius 1 is 0.769 bits per heavy atom. The van der Waals surface area contributed by atoms with Gasteiger partial charge in [-0.25, -0.2) is 57.5 Å². The molecule has 584 valence electrons. The maximum absolute atomic E-state index is 13.5. The van der Waals surface area contributed by atoms with E-state index in [1.165, 1.54) is 48.9 Å². The number of quaternary nitrogens is 1. The van der Waals surface area contributed by atoms with E-state index in [-0.39, 0.29) is 190 Å². The maximum Gasteiger partial charge on any atom is 1.00 e. The van der Waals surface area contributed by atoms with Crippen molar-refractivity contribution in [3.8, 4) is 23.3 Å². The van der Waals surface area contributed by atoms with Crippen molar-refractivity contribution in [2.45, 2.75) is 186 Å². The van der Waals surface area contributed by atoms with E-state index in [0.29, 0.717) is 70.3 Å². The summed E-state index contributed by atoms with van der Waals surface area (Å²) in [5, 5.41) is 36.1. The third-order valence-corrected chi connectivity index (χ3v) is 16.9. The SMILES string of the molecule is C.C.C[C@@H]1C[C@@H](N)CN1C(=O)OC(C)(C)C.C[C@@H]1C[C@@H](Nc2cc(OCC(F)F)ccn2)C[NH2+]1.FC(F)COc1ccnc(Cl)c1.N#CC1(c2ccccc2C(=O)O)CCC1.O=CO[O-].O=c1cc[nH]c(Cl)c1.[C-]#[N+]C1(c2ccccc2C(=O)N2C[C@H](Nc3cc(OCC(F)F)ccn3)C[C@H]2C)CCC1.[Cl-].[H-].[K+].[K+]. The molecule has 2 saturated carbocycles. The molecule has 108 heavy (non-hydrogen) atoms. The van der Waals surface area contributed by atoms with Crippen molar-refractivity contribution in [1.82, 2.24) is 29.7 Å². The van der Waals surface area contributed by atoms with E-state index in [1.54, 1.807) is 53.6 Å². The largest absolute Gasteiger partial charge is 1.00 e. The van der Waals surface area contributed by atoms with Gasteiger partial charge in [-0.05, 0) is 116 Å². The van der Waals surface area contributed by atoms with Crippen LogP contribution in [0.1, 0.15) is 147 Å². The van der Waals surface area contributed by atoms with Crippen LogP contribution in [0.25, 0.3) is 4.85 Å². The number of amides is 2. The molecule has 24 nitrogen and oxygen atoms in total. The van der Waals surface area contributed by atoms with E-state index in [1.807, 2.05) is 63.8 Å². The summed E-state index contributed by atoms with van der Waals surface area (Å²) >= 11 is 10.9. The molecule has 6 atom stereocenters. The van der Waals surface area contributed by atoms with Gasteiger partial charge in [-0.15, -0.1) is 0 Å². The van der Waals surface area contributed by atoms with Crippen LogP contribution in [0, 0.1) is 17.9 Å². The Hall–Kier alpha value is -5.90. The van der Waals surface area contributed by atoms with Gasteiger partial charge in [-0.3, -0.25) is 14.4 Å². The number of benzene rings is 2. The number of nitrogens with two attached hydrogens (primary N) is 2. The van der Waals surface area contributed by atoms with Gasteiger partial charge in [0.2, 0.25) is 0 Å². The minimum absolute atomic E-state index is 0. The summed E-state index contributed by atoms with van der Waals surface area (Å²) in [4.78, 5) is 79.9. The summed E-state index contributed by atoms with van der Waals surface area (Å²) in [5.74, 6) is 1.22. The number of alkyl halides is 6. The van der Waals surface area contributed by atoms with Crippen molar-refractivity contribution in [1.29, 1.82) is 5.26 Å². The second-order valence-corrected chi connectivity index (χ2v) is 26.4. The Bertz CT molecular complexity index is 3840. The first-order chi connectivity index (χ1) is 48.9. The number of halogens is 9. The van der Waals surface area contributed by atoms with Crippen LogP contribution < -0.4 is 162 Å². The van der Waals surface area contributed by atoms with Gasteiger partial charge in [-0.1, -0.05) is 74.5 Å². The number of rotatable bonds is 18. The van der Waals surface area contributed by atoms with E-state index in [0.717, 1.165) is 69.9 Å². The van der Waals surface area contributed by atoms with Crippen LogP contribution in [0.3, 0.4) is 0 Å². The molecule has 11 rings (SSSR count). The standard InChI is InChI=1S/C24H26F2N4O2.C12H17F2N3O.C12H11NO2.C10H20N2O2.C7H6ClF2NO.C5H4ClNO.CH2O3.2CH4.ClH.2K.H/c1-16-12-17(29-22-13-18(8-11-28-22)32-15-21(25)26)14-30(16)23(31)19-6-3-4-7-20(19)24(27-2)9-5-10-24;1-8-4-9(6-16-8)17-12-5-10(2-3-15-12)18-7-11(13)14;13-8-12(6-3-7-12)10-5-2-1-4-9(10)11(14)15;1-7-5-8(11)6-12(7)9(13)14-10(2,3)4;8-6-3-5(1-2-11-6)12-4-7(9)10;6-5-3-4(8)1-2-7-5;2-1-4-3;;;;;;/h3-4,6-8,11,13,16-17,21H,5,9-10,12,14-15H2,1H3,(H,28,29);2-3,5,8-9,11,16H,4,6-7H2,1H3,(H,15,17);1-2,4-5H,3,6-7H2,(H,14,15);7-8H,5-6,11H2,1-4H3;1-3,7H,4H2;1-3H,(H,7,8);1,3H;2*1H4;1H;;;/q;;;;;;;;;;2*+1;-1/p-1/t16-,17-;8-,9-;;7-,8-;;;;;;;;;/m11.1........./s1. The van der Waals surface area contributed by atoms with Gasteiger partial charge in [0.25, 0.3) is 37.2 Å². The molecule has 0 radical (unpaired) electrons. The Kier molecular flexibility index (Phi) is 48.8. The number of hydrogen-bond donors (Lipinski definition) is 6. The number of carbonyl (C=O) groups is 4. The number of aromatic carboxylic acids is 1. The number of anilines is 2. The number of likely N-dealkylation sites (tertiary alicyclic amines) is 2. The van der Waals surface area contributed by atoms with E-state index < -0.39 is 61.6 Å². The van der Waals surface area contributed by atoms with Crippen molar-refractivity contribution in [3.05, 3.63) is 176 Å². The number of nitrogens with one attached hydrogen (secondary N) is 3. The zero-order valence-corrected chi connectivity index (χ0v) is 68.6. The number of hydrogen-bond acceptors (Lipinski definition) is 18. The molecule has 2 aromatic carbocycles. The van der Waals surface area contributed by atoms with Crippen LogP contribution in [-0.4, -0.2) is 160 Å². The van der Waals surface area contributed by atoms with Crippen LogP contribution in [0.4, 0.5) is 42.8 Å². The number of carbonyl (C=O) groups excluding carboxylic acids is 3. The summed E-state index contributed by atoms with van der Waals surface area (Å²) in [7, 11) is 0. The molecule has 0 bridgehead atoms. The fourth-order valence-electron chi connectivity index (χ4n) is 11.4. The molecule has 35 heteroatoms. The molecule has 4 aromatic heterocycles. The van der Waals surface area contributed by atoms with E-state index >= 15 is 0 Å². The molecule has 6 aromatic rings. The Morgan fingerprint density at radius 2 is 1.26 bits per heavy atom. The van der Waals surface area contributed by atoms with E-state index in [4.69, 9.17) is 70.1 Å². The van der Waals surface area contributed by atoms with Crippen molar-refractivity contribution in [3.63, 3.8) is 0 Å². The molecule has 5 aliphatic rings. The van der Waals surface area contributed by atoms with Crippen LogP contribution in [0.5, 0.6) is 17.2 Å². The first-order valence-electron chi connectivity index (χ1n) is 32.9. The predicted octanol–water partition coefficient (Wildman–Crippen LogP) is 3.51. The number of aromatic nitrogens is 4.